The first kappa shape index (κ1) is 16.9. The van der Waals surface area contributed by atoms with Crippen LogP contribution < -0.4 is 4.72 Å². The van der Waals surface area contributed by atoms with Gasteiger partial charge in [0.15, 0.2) is 11.5 Å². The second-order valence-electron chi connectivity index (χ2n) is 4.76. The van der Waals surface area contributed by atoms with Crippen molar-refractivity contribution in [3.63, 3.8) is 0 Å². The van der Waals surface area contributed by atoms with Crippen LogP contribution in [0, 0.1) is 12.7 Å². The highest BCUT2D eigenvalue weighted by molar-refractivity contribution is 7.91. The molecular weight excluding hydrogens is 325 g/mol. The molecule has 23 heavy (non-hydrogen) atoms. The quantitative estimate of drug-likeness (QED) is 0.782. The highest BCUT2D eigenvalue weighted by Gasteiger charge is 2.22. The number of carbonyl (C=O) groups is 1. The zero-order chi connectivity index (χ0) is 17.0. The summed E-state index contributed by atoms with van der Waals surface area (Å²) in [6.07, 6.45) is 0. The zero-order valence-corrected chi connectivity index (χ0v) is 13.4. The summed E-state index contributed by atoms with van der Waals surface area (Å²) in [5, 5.41) is 0. The van der Waals surface area contributed by atoms with E-state index < -0.39 is 27.6 Å². The maximum absolute atomic E-state index is 13.1. The van der Waals surface area contributed by atoms with Gasteiger partial charge in [0.2, 0.25) is 10.0 Å². The minimum absolute atomic E-state index is 0.0767. The number of aryl methyl sites for hydroxylation is 1. The molecule has 2 aromatic rings. The fourth-order valence-electron chi connectivity index (χ4n) is 1.95. The van der Waals surface area contributed by atoms with Gasteiger partial charge in [-0.2, -0.15) is 0 Å². The highest BCUT2D eigenvalue weighted by atomic mass is 32.2. The molecule has 0 saturated carbocycles. The van der Waals surface area contributed by atoms with Crippen molar-refractivity contribution in [2.24, 2.45) is 0 Å². The number of aromatic amines is 1. The van der Waals surface area contributed by atoms with Gasteiger partial charge in [-0.3, -0.25) is 4.72 Å². The molecule has 0 aliphatic rings. The number of sulfonamides is 1. The lowest BCUT2D eigenvalue weighted by atomic mass is 10.2. The maximum atomic E-state index is 13.1. The first-order valence-electron chi connectivity index (χ1n) is 6.79. The third-order valence-corrected chi connectivity index (χ3v) is 4.02. The summed E-state index contributed by atoms with van der Waals surface area (Å²) in [4.78, 5) is 18.4. The van der Waals surface area contributed by atoms with Crippen LogP contribution in [0.5, 0.6) is 0 Å². The summed E-state index contributed by atoms with van der Waals surface area (Å²) < 4.78 is 44.6. The van der Waals surface area contributed by atoms with Gasteiger partial charge in [-0.05, 0) is 31.5 Å². The van der Waals surface area contributed by atoms with Crippen LogP contribution in [-0.4, -0.2) is 31.0 Å². The fraction of sp³-hybridized carbons (Fsp3) is 0.286. The van der Waals surface area contributed by atoms with Gasteiger partial charge in [-0.25, -0.2) is 22.6 Å². The average molecular weight is 341 g/mol. The van der Waals surface area contributed by atoms with Gasteiger partial charge in [0, 0.05) is 0 Å². The minimum atomic E-state index is -3.87. The fourth-order valence-corrected chi connectivity index (χ4v) is 3.08. The number of nitrogens with one attached hydrogen (secondary N) is 2. The molecular formula is C14H16FN3O4S. The van der Waals surface area contributed by atoms with E-state index in [9.17, 15) is 17.6 Å². The number of hydrogen-bond acceptors (Lipinski definition) is 5. The molecule has 1 heterocycles. The van der Waals surface area contributed by atoms with Crippen LogP contribution in [0.15, 0.2) is 24.3 Å². The molecule has 0 unspecified atom stereocenters. The SMILES string of the molecule is CCOC(=O)c1[nH]c(C)nc1NS(=O)(=O)Cc1cccc(F)c1. The molecule has 0 aliphatic carbocycles. The normalized spacial score (nSPS) is 11.3. The van der Waals surface area contributed by atoms with Crippen LogP contribution in [0.4, 0.5) is 10.2 Å². The summed E-state index contributed by atoms with van der Waals surface area (Å²) in [6.45, 7) is 3.36. The second-order valence-corrected chi connectivity index (χ2v) is 6.48. The van der Waals surface area contributed by atoms with Crippen molar-refractivity contribution in [1.82, 2.24) is 9.97 Å². The Morgan fingerprint density at radius 2 is 2.17 bits per heavy atom. The number of ether oxygens (including phenoxy) is 1. The van der Waals surface area contributed by atoms with Crippen LogP contribution in [0.3, 0.4) is 0 Å². The van der Waals surface area contributed by atoms with Crippen molar-refractivity contribution in [3.8, 4) is 0 Å². The first-order chi connectivity index (χ1) is 10.8. The molecule has 1 aromatic carbocycles. The van der Waals surface area contributed by atoms with Crippen molar-refractivity contribution in [2.75, 3.05) is 11.3 Å². The van der Waals surface area contributed by atoms with Gasteiger partial charge < -0.3 is 9.72 Å². The van der Waals surface area contributed by atoms with Crippen molar-refractivity contribution in [1.29, 1.82) is 0 Å². The Balaban J connectivity index is 2.22. The predicted molar refractivity (Wildman–Crippen MR) is 81.9 cm³/mol. The Morgan fingerprint density at radius 3 is 2.83 bits per heavy atom. The monoisotopic (exact) mass is 341 g/mol. The van der Waals surface area contributed by atoms with Crippen molar-refractivity contribution in [3.05, 3.63) is 47.2 Å². The molecule has 7 nitrogen and oxygen atoms in total. The van der Waals surface area contributed by atoms with Gasteiger partial charge >= 0.3 is 5.97 Å². The summed E-state index contributed by atoms with van der Waals surface area (Å²) >= 11 is 0. The lowest BCUT2D eigenvalue weighted by Crippen LogP contribution is -2.18. The minimum Gasteiger partial charge on any atom is -0.461 e. The molecule has 0 saturated heterocycles. The van der Waals surface area contributed by atoms with Crippen LogP contribution >= 0.6 is 0 Å². The van der Waals surface area contributed by atoms with Gasteiger partial charge in [0.05, 0.1) is 12.4 Å². The molecule has 0 fully saturated rings. The topological polar surface area (TPSA) is 101 Å². The number of nitrogens with zero attached hydrogens (tertiary/aromatic N) is 1. The summed E-state index contributed by atoms with van der Waals surface area (Å²) in [7, 11) is -3.87. The van der Waals surface area contributed by atoms with E-state index in [1.807, 2.05) is 0 Å². The van der Waals surface area contributed by atoms with E-state index in [1.54, 1.807) is 13.8 Å². The number of benzene rings is 1. The standard InChI is InChI=1S/C14H16FN3O4S/c1-3-22-14(19)12-13(17-9(2)16-12)18-23(20,21)8-10-5-4-6-11(15)7-10/h4-7,18H,3,8H2,1-2H3,(H,16,17). The van der Waals surface area contributed by atoms with E-state index in [0.717, 1.165) is 6.07 Å². The van der Waals surface area contributed by atoms with Gasteiger partial charge in [-0.15, -0.1) is 0 Å². The molecule has 2 rings (SSSR count). The lowest BCUT2D eigenvalue weighted by molar-refractivity contribution is 0.0521. The number of anilines is 1. The molecule has 0 aliphatic heterocycles. The highest BCUT2D eigenvalue weighted by Crippen LogP contribution is 2.17. The van der Waals surface area contributed by atoms with E-state index in [2.05, 4.69) is 14.7 Å². The van der Waals surface area contributed by atoms with Crippen LogP contribution in [0.25, 0.3) is 0 Å². The number of rotatable bonds is 6. The van der Waals surface area contributed by atoms with E-state index >= 15 is 0 Å². The number of hydrogen-bond donors (Lipinski definition) is 2. The smallest absolute Gasteiger partial charge is 0.358 e. The lowest BCUT2D eigenvalue weighted by Gasteiger charge is -2.07. The Bertz CT molecular complexity index is 817. The first-order valence-corrected chi connectivity index (χ1v) is 8.44. The zero-order valence-electron chi connectivity index (χ0n) is 12.6. The number of esters is 1. The van der Waals surface area contributed by atoms with E-state index in [1.165, 1.54) is 18.2 Å². The molecule has 0 spiro atoms. The van der Waals surface area contributed by atoms with E-state index in [-0.39, 0.29) is 23.7 Å². The number of H-pyrrole nitrogens is 1. The van der Waals surface area contributed by atoms with Gasteiger partial charge in [0.25, 0.3) is 0 Å². The van der Waals surface area contributed by atoms with Crippen LogP contribution in [0.2, 0.25) is 0 Å². The maximum Gasteiger partial charge on any atom is 0.358 e. The molecule has 9 heteroatoms. The molecule has 0 radical (unpaired) electrons. The molecule has 124 valence electrons. The Hall–Kier alpha value is -2.42. The van der Waals surface area contributed by atoms with Gasteiger partial charge in [-0.1, -0.05) is 12.1 Å². The summed E-state index contributed by atoms with van der Waals surface area (Å²) in [5.41, 5.74) is 0.203. The van der Waals surface area contributed by atoms with Crippen LogP contribution in [0.1, 0.15) is 28.8 Å². The number of imidazole rings is 1. The number of halogens is 1. The Kier molecular flexibility index (Phi) is 4.99. The van der Waals surface area contributed by atoms with Gasteiger partial charge in [0.1, 0.15) is 11.6 Å². The molecule has 0 amide bonds. The van der Waals surface area contributed by atoms with Crippen molar-refractivity contribution >= 4 is 21.8 Å². The average Bonchev–Trinajstić information content (AvgIpc) is 2.78. The number of carbonyl (C=O) groups excluding carboxylic acids is 1. The Labute approximate surface area is 132 Å². The van der Waals surface area contributed by atoms with Crippen LogP contribution in [-0.2, 0) is 20.5 Å². The third-order valence-electron chi connectivity index (χ3n) is 2.80. The Morgan fingerprint density at radius 1 is 1.43 bits per heavy atom. The largest absolute Gasteiger partial charge is 0.461 e. The predicted octanol–water partition coefficient (Wildman–Crippen LogP) is 1.98. The number of aromatic nitrogens is 2. The molecule has 0 bridgehead atoms. The van der Waals surface area contributed by atoms with Crippen molar-refractivity contribution < 1.29 is 22.3 Å². The molecule has 1 aromatic heterocycles. The summed E-state index contributed by atoms with van der Waals surface area (Å²) in [5.74, 6) is -1.47. The summed E-state index contributed by atoms with van der Waals surface area (Å²) in [6, 6.07) is 5.26. The van der Waals surface area contributed by atoms with E-state index in [0.29, 0.717) is 5.82 Å². The van der Waals surface area contributed by atoms with E-state index in [4.69, 9.17) is 4.74 Å². The third kappa shape index (κ3) is 4.52. The molecule has 2 N–H and O–H groups in total. The van der Waals surface area contributed by atoms with Crippen molar-refractivity contribution in [2.45, 2.75) is 19.6 Å². The second kappa shape index (κ2) is 6.78. The molecule has 0 atom stereocenters.